The number of nitrogens with one attached hydrogen (secondary N) is 1. The molecule has 2 amide bonds. The minimum Gasteiger partial charge on any atom is -0.478 e. The molecule has 0 saturated heterocycles. The summed E-state index contributed by atoms with van der Waals surface area (Å²) in [5, 5.41) is 12.9. The zero-order chi connectivity index (χ0) is 21.7. The molecule has 1 unspecified atom stereocenters. The van der Waals surface area contributed by atoms with E-state index in [1.54, 1.807) is 61.5 Å². The average molecular weight is 429 g/mol. The molecule has 0 fully saturated rings. The highest BCUT2D eigenvalue weighted by Crippen LogP contribution is 2.27. The minimum absolute atomic E-state index is 0.0175. The van der Waals surface area contributed by atoms with Crippen LogP contribution in [0.5, 0.6) is 5.75 Å². The lowest BCUT2D eigenvalue weighted by Gasteiger charge is -2.37. The van der Waals surface area contributed by atoms with Crippen LogP contribution in [0.1, 0.15) is 30.1 Å². The van der Waals surface area contributed by atoms with E-state index in [1.165, 1.54) is 4.90 Å². The number of carboxylic acids is 1. The second-order valence-corrected chi connectivity index (χ2v) is 7.14. The van der Waals surface area contributed by atoms with Gasteiger partial charge in [0.25, 0.3) is 5.91 Å². The number of amides is 2. The van der Waals surface area contributed by atoms with Crippen LogP contribution >= 0.6 is 11.6 Å². The number of ether oxygens (including phenoxy) is 1. The molecule has 1 aliphatic rings. The van der Waals surface area contributed by atoms with E-state index in [4.69, 9.17) is 16.3 Å². The first-order chi connectivity index (χ1) is 14.4. The summed E-state index contributed by atoms with van der Waals surface area (Å²) < 4.78 is 5.20. The summed E-state index contributed by atoms with van der Waals surface area (Å²) in [6.45, 7) is 2.05. The first-order valence-corrected chi connectivity index (χ1v) is 9.85. The molecule has 2 aromatic rings. The summed E-state index contributed by atoms with van der Waals surface area (Å²) in [5.74, 6) is -1.14. The van der Waals surface area contributed by atoms with Crippen molar-refractivity contribution in [2.75, 3.05) is 6.54 Å². The van der Waals surface area contributed by atoms with Crippen molar-refractivity contribution in [1.29, 1.82) is 0 Å². The molecule has 2 N–H and O–H groups in total. The summed E-state index contributed by atoms with van der Waals surface area (Å²) in [6.07, 6.45) is -0.219. The predicted molar refractivity (Wildman–Crippen MR) is 111 cm³/mol. The second-order valence-electron chi connectivity index (χ2n) is 6.70. The number of carbonyl (C=O) groups is 3. The van der Waals surface area contributed by atoms with Gasteiger partial charge in [0.15, 0.2) is 0 Å². The van der Waals surface area contributed by atoms with Crippen LogP contribution in [0.4, 0.5) is 4.79 Å². The highest BCUT2D eigenvalue weighted by molar-refractivity contribution is 6.30. The van der Waals surface area contributed by atoms with Crippen LogP contribution in [0, 0.1) is 0 Å². The van der Waals surface area contributed by atoms with Gasteiger partial charge in [0.2, 0.25) is 0 Å². The lowest BCUT2D eigenvalue weighted by atomic mass is 9.94. The molecule has 1 atom stereocenters. The maximum absolute atomic E-state index is 13.0. The fraction of sp³-hybridized carbons (Fsp3) is 0.227. The van der Waals surface area contributed by atoms with Gasteiger partial charge in [0, 0.05) is 29.2 Å². The number of carboxylic acid groups (broad SMARTS) is 1. The van der Waals surface area contributed by atoms with Crippen molar-refractivity contribution < 1.29 is 24.2 Å². The molecule has 0 aliphatic carbocycles. The molecular formula is C22H21ClN2O5. The maximum atomic E-state index is 13.0. The lowest BCUT2D eigenvalue weighted by Crippen LogP contribution is -2.48. The number of benzene rings is 2. The Morgan fingerprint density at radius 3 is 2.40 bits per heavy atom. The van der Waals surface area contributed by atoms with Crippen LogP contribution in [-0.2, 0) is 4.79 Å². The van der Waals surface area contributed by atoms with Gasteiger partial charge >= 0.3 is 12.1 Å². The van der Waals surface area contributed by atoms with Crippen LogP contribution in [0.3, 0.4) is 0 Å². The number of halogens is 1. The molecule has 0 spiro atoms. The Balaban J connectivity index is 1.83. The number of para-hydroxylation sites is 1. The first-order valence-electron chi connectivity index (χ1n) is 9.47. The van der Waals surface area contributed by atoms with Crippen molar-refractivity contribution in [3.8, 4) is 5.75 Å². The molecule has 1 aliphatic heterocycles. The van der Waals surface area contributed by atoms with Gasteiger partial charge in [-0.1, -0.05) is 36.7 Å². The summed E-state index contributed by atoms with van der Waals surface area (Å²) in [4.78, 5) is 38.8. The van der Waals surface area contributed by atoms with Gasteiger partial charge in [-0.25, -0.2) is 9.59 Å². The summed E-state index contributed by atoms with van der Waals surface area (Å²) in [7, 11) is 0. The smallest absolute Gasteiger partial charge is 0.416 e. The van der Waals surface area contributed by atoms with Gasteiger partial charge in [-0.05, 0) is 42.8 Å². The predicted octanol–water partition coefficient (Wildman–Crippen LogP) is 4.09. The standard InChI is InChI=1S/C22H21ClN2O5/c1-2-18-19(21(27)28)17(24-22(29)30-16-6-4-3-5-7-16)12-13-25(18)20(26)14-8-10-15(23)11-9-14/h3-11,18H,2,12-13H2,1H3,(H,24,29)(H,27,28). The Hall–Kier alpha value is -3.32. The van der Waals surface area contributed by atoms with E-state index < -0.39 is 18.1 Å². The van der Waals surface area contributed by atoms with Crippen LogP contribution in [0.2, 0.25) is 5.02 Å². The van der Waals surface area contributed by atoms with Crippen molar-refractivity contribution in [3.05, 3.63) is 76.5 Å². The van der Waals surface area contributed by atoms with Crippen LogP contribution < -0.4 is 10.1 Å². The third-order valence-corrected chi connectivity index (χ3v) is 5.07. The molecule has 0 aromatic heterocycles. The molecular weight excluding hydrogens is 408 g/mol. The van der Waals surface area contributed by atoms with E-state index in [0.29, 0.717) is 22.8 Å². The van der Waals surface area contributed by atoms with Crippen molar-refractivity contribution in [1.82, 2.24) is 10.2 Å². The Kier molecular flexibility index (Phi) is 6.74. The summed E-state index contributed by atoms with van der Waals surface area (Å²) >= 11 is 5.89. The van der Waals surface area contributed by atoms with Gasteiger partial charge in [-0.2, -0.15) is 0 Å². The highest BCUT2D eigenvalue weighted by Gasteiger charge is 2.36. The summed E-state index contributed by atoms with van der Waals surface area (Å²) in [6, 6.07) is 14.2. The SMILES string of the molecule is CCC1C(C(=O)O)=C(NC(=O)Oc2ccccc2)CCN1C(=O)c1ccc(Cl)cc1. The molecule has 0 radical (unpaired) electrons. The Labute approximate surface area is 178 Å². The Bertz CT molecular complexity index is 973. The molecule has 0 saturated carbocycles. The van der Waals surface area contributed by atoms with Gasteiger partial charge in [0.05, 0.1) is 11.6 Å². The molecule has 156 valence electrons. The van der Waals surface area contributed by atoms with E-state index in [-0.39, 0.29) is 30.1 Å². The topological polar surface area (TPSA) is 95.9 Å². The Morgan fingerprint density at radius 2 is 1.80 bits per heavy atom. The van der Waals surface area contributed by atoms with Gasteiger partial charge in [0.1, 0.15) is 5.75 Å². The molecule has 1 heterocycles. The number of rotatable bonds is 5. The number of hydrogen-bond donors (Lipinski definition) is 2. The van der Waals surface area contributed by atoms with Crippen molar-refractivity contribution in [2.24, 2.45) is 0 Å². The number of aliphatic carboxylic acids is 1. The highest BCUT2D eigenvalue weighted by atomic mass is 35.5. The van der Waals surface area contributed by atoms with E-state index in [0.717, 1.165) is 0 Å². The fourth-order valence-electron chi connectivity index (χ4n) is 3.45. The van der Waals surface area contributed by atoms with Crippen molar-refractivity contribution in [2.45, 2.75) is 25.8 Å². The molecule has 30 heavy (non-hydrogen) atoms. The number of hydrogen-bond acceptors (Lipinski definition) is 4. The molecule has 0 bridgehead atoms. The van der Waals surface area contributed by atoms with Crippen molar-refractivity contribution in [3.63, 3.8) is 0 Å². The van der Waals surface area contributed by atoms with Crippen LogP contribution in [0.15, 0.2) is 65.9 Å². The van der Waals surface area contributed by atoms with E-state index >= 15 is 0 Å². The lowest BCUT2D eigenvalue weighted by molar-refractivity contribution is -0.133. The maximum Gasteiger partial charge on any atom is 0.416 e. The third-order valence-electron chi connectivity index (χ3n) is 4.81. The van der Waals surface area contributed by atoms with E-state index in [1.807, 2.05) is 0 Å². The number of nitrogens with zero attached hydrogens (tertiary/aromatic N) is 1. The fourth-order valence-corrected chi connectivity index (χ4v) is 3.58. The van der Waals surface area contributed by atoms with Gasteiger partial charge in [-0.15, -0.1) is 0 Å². The monoisotopic (exact) mass is 428 g/mol. The van der Waals surface area contributed by atoms with E-state index in [2.05, 4.69) is 5.32 Å². The molecule has 3 rings (SSSR count). The number of carbonyl (C=O) groups excluding carboxylic acids is 2. The quantitative estimate of drug-likeness (QED) is 0.747. The second kappa shape index (κ2) is 9.45. The van der Waals surface area contributed by atoms with Gasteiger partial charge in [-0.3, -0.25) is 10.1 Å². The Morgan fingerprint density at radius 1 is 1.13 bits per heavy atom. The largest absolute Gasteiger partial charge is 0.478 e. The first kappa shape index (κ1) is 21.4. The van der Waals surface area contributed by atoms with E-state index in [9.17, 15) is 19.5 Å². The molecule has 8 heteroatoms. The third kappa shape index (κ3) is 4.80. The zero-order valence-corrected chi connectivity index (χ0v) is 17.1. The minimum atomic E-state index is -1.19. The van der Waals surface area contributed by atoms with Crippen molar-refractivity contribution >= 4 is 29.6 Å². The zero-order valence-electron chi connectivity index (χ0n) is 16.3. The van der Waals surface area contributed by atoms with Gasteiger partial charge < -0.3 is 14.7 Å². The van der Waals surface area contributed by atoms with Crippen LogP contribution in [0.25, 0.3) is 0 Å². The molecule has 7 nitrogen and oxygen atoms in total. The van der Waals surface area contributed by atoms with Crippen LogP contribution in [-0.4, -0.2) is 40.6 Å². The molecule has 2 aromatic carbocycles. The normalized spacial score (nSPS) is 16.2. The average Bonchev–Trinajstić information content (AvgIpc) is 2.73. The summed E-state index contributed by atoms with van der Waals surface area (Å²) in [5.41, 5.74) is 0.647.